The zero-order chi connectivity index (χ0) is 13.9. The first-order valence-corrected chi connectivity index (χ1v) is 6.94. The van der Waals surface area contributed by atoms with Crippen molar-refractivity contribution in [3.8, 4) is 11.1 Å². The second kappa shape index (κ2) is 5.51. The number of hydrogen-bond donors (Lipinski definition) is 0. The molecule has 2 nitrogen and oxygen atoms in total. The molecule has 0 amide bonds. The largest absolute Gasteiger partial charge is 0.268 e. The Labute approximate surface area is 123 Å². The number of rotatable bonds is 3. The molecule has 0 unspecified atom stereocenters. The molecule has 3 aromatic rings. The monoisotopic (exact) mass is 282 g/mol. The van der Waals surface area contributed by atoms with Crippen LogP contribution in [0.1, 0.15) is 11.1 Å². The molecule has 0 aliphatic carbocycles. The lowest BCUT2D eigenvalue weighted by atomic mass is 10.1. The topological polar surface area (TPSA) is 17.8 Å². The maximum atomic E-state index is 6.22. The first kappa shape index (κ1) is 12.9. The molecule has 100 valence electrons. The van der Waals surface area contributed by atoms with Gasteiger partial charge in [0.05, 0.1) is 12.7 Å². The van der Waals surface area contributed by atoms with Crippen molar-refractivity contribution >= 4 is 11.6 Å². The third-order valence-corrected chi connectivity index (χ3v) is 3.74. The molecule has 2 aromatic carbocycles. The summed E-state index contributed by atoms with van der Waals surface area (Å²) in [6.07, 6.45) is 3.90. The summed E-state index contributed by atoms with van der Waals surface area (Å²) in [5.74, 6) is 0. The zero-order valence-corrected chi connectivity index (χ0v) is 12.0. The van der Waals surface area contributed by atoms with E-state index >= 15 is 0 Å². The summed E-state index contributed by atoms with van der Waals surface area (Å²) < 4.78 is 1.95. The number of nitrogens with zero attached hydrogens (tertiary/aromatic N) is 2. The predicted octanol–water partition coefficient (Wildman–Crippen LogP) is 4.56. The van der Waals surface area contributed by atoms with Crippen molar-refractivity contribution in [3.63, 3.8) is 0 Å². The molecule has 0 aliphatic heterocycles. The van der Waals surface area contributed by atoms with Gasteiger partial charge < -0.3 is 0 Å². The first-order chi connectivity index (χ1) is 9.74. The summed E-state index contributed by atoms with van der Waals surface area (Å²) in [5, 5.41) is 5.18. The third-order valence-electron chi connectivity index (χ3n) is 3.41. The number of benzene rings is 2. The molecular weight excluding hydrogens is 268 g/mol. The Balaban J connectivity index is 1.88. The Hall–Kier alpha value is -2.06. The van der Waals surface area contributed by atoms with E-state index in [1.807, 2.05) is 41.3 Å². The fourth-order valence-electron chi connectivity index (χ4n) is 2.25. The lowest BCUT2D eigenvalue weighted by Crippen LogP contribution is -2.01. The van der Waals surface area contributed by atoms with Gasteiger partial charge in [-0.05, 0) is 24.1 Å². The fourth-order valence-corrected chi connectivity index (χ4v) is 2.49. The minimum Gasteiger partial charge on any atom is -0.268 e. The van der Waals surface area contributed by atoms with Gasteiger partial charge in [0, 0.05) is 22.3 Å². The Morgan fingerprint density at radius 3 is 2.60 bits per heavy atom. The molecule has 0 atom stereocenters. The number of aromatic nitrogens is 2. The summed E-state index contributed by atoms with van der Waals surface area (Å²) in [5.41, 5.74) is 4.62. The second-order valence-electron chi connectivity index (χ2n) is 4.83. The van der Waals surface area contributed by atoms with Gasteiger partial charge in [-0.1, -0.05) is 54.1 Å². The highest BCUT2D eigenvalue weighted by Crippen LogP contribution is 2.27. The fraction of sp³-hybridized carbons (Fsp3) is 0.118. The van der Waals surface area contributed by atoms with Crippen LogP contribution in [0.4, 0.5) is 0 Å². The molecule has 1 heterocycles. The summed E-state index contributed by atoms with van der Waals surface area (Å²) in [7, 11) is 0. The van der Waals surface area contributed by atoms with Gasteiger partial charge in [-0.2, -0.15) is 5.10 Å². The maximum Gasteiger partial charge on any atom is 0.0662 e. The van der Waals surface area contributed by atoms with Gasteiger partial charge in [-0.25, -0.2) is 0 Å². The van der Waals surface area contributed by atoms with Gasteiger partial charge in [-0.3, -0.25) is 4.68 Å². The van der Waals surface area contributed by atoms with Crippen LogP contribution in [-0.4, -0.2) is 9.78 Å². The van der Waals surface area contributed by atoms with Gasteiger partial charge in [0.2, 0.25) is 0 Å². The van der Waals surface area contributed by atoms with Crippen molar-refractivity contribution in [1.29, 1.82) is 0 Å². The Morgan fingerprint density at radius 1 is 1.05 bits per heavy atom. The Morgan fingerprint density at radius 2 is 1.80 bits per heavy atom. The molecule has 0 saturated carbocycles. The van der Waals surface area contributed by atoms with E-state index in [1.54, 1.807) is 0 Å². The average Bonchev–Trinajstić information content (AvgIpc) is 2.90. The average molecular weight is 283 g/mol. The quantitative estimate of drug-likeness (QED) is 0.688. The predicted molar refractivity (Wildman–Crippen MR) is 83.0 cm³/mol. The Bertz CT molecular complexity index is 731. The normalized spacial score (nSPS) is 10.7. The van der Waals surface area contributed by atoms with Crippen LogP contribution in [0.2, 0.25) is 5.02 Å². The molecule has 20 heavy (non-hydrogen) atoms. The van der Waals surface area contributed by atoms with E-state index in [0.717, 1.165) is 22.7 Å². The minimum atomic E-state index is 0.753. The molecule has 3 rings (SSSR count). The molecule has 0 N–H and O–H groups in total. The van der Waals surface area contributed by atoms with Crippen LogP contribution in [-0.2, 0) is 6.54 Å². The third kappa shape index (κ3) is 2.61. The van der Waals surface area contributed by atoms with E-state index in [4.69, 9.17) is 11.6 Å². The molecule has 0 fully saturated rings. The molecule has 0 aliphatic rings. The van der Waals surface area contributed by atoms with Gasteiger partial charge in [0.1, 0.15) is 0 Å². The van der Waals surface area contributed by atoms with Crippen molar-refractivity contribution in [2.75, 3.05) is 0 Å². The van der Waals surface area contributed by atoms with E-state index in [1.165, 1.54) is 11.1 Å². The zero-order valence-electron chi connectivity index (χ0n) is 11.3. The summed E-state index contributed by atoms with van der Waals surface area (Å²) in [6, 6.07) is 16.2. The minimum absolute atomic E-state index is 0.753. The van der Waals surface area contributed by atoms with E-state index < -0.39 is 0 Å². The van der Waals surface area contributed by atoms with Gasteiger partial charge in [0.15, 0.2) is 0 Å². The number of aryl methyl sites for hydroxylation is 1. The lowest BCUT2D eigenvalue weighted by molar-refractivity contribution is 0.684. The summed E-state index contributed by atoms with van der Waals surface area (Å²) in [6.45, 7) is 2.89. The standard InChI is InChI=1S/C17H15ClN2/c1-13-6-2-3-7-14(13)11-20-12-15(10-19-20)16-8-4-5-9-17(16)18/h2-10,12H,11H2,1H3. The molecule has 0 radical (unpaired) electrons. The van der Waals surface area contributed by atoms with Crippen LogP contribution in [0.3, 0.4) is 0 Å². The molecule has 0 bridgehead atoms. The first-order valence-electron chi connectivity index (χ1n) is 6.56. The lowest BCUT2D eigenvalue weighted by Gasteiger charge is -2.05. The molecule has 0 spiro atoms. The van der Waals surface area contributed by atoms with Crippen molar-refractivity contribution in [2.45, 2.75) is 13.5 Å². The highest BCUT2D eigenvalue weighted by molar-refractivity contribution is 6.33. The van der Waals surface area contributed by atoms with Crippen molar-refractivity contribution in [1.82, 2.24) is 9.78 Å². The molecule has 0 saturated heterocycles. The Kier molecular flexibility index (Phi) is 3.57. The summed E-state index contributed by atoms with van der Waals surface area (Å²) >= 11 is 6.22. The highest BCUT2D eigenvalue weighted by atomic mass is 35.5. The van der Waals surface area contributed by atoms with E-state index in [2.05, 4.69) is 36.3 Å². The molecule has 1 aromatic heterocycles. The van der Waals surface area contributed by atoms with E-state index in [-0.39, 0.29) is 0 Å². The van der Waals surface area contributed by atoms with Crippen LogP contribution < -0.4 is 0 Å². The van der Waals surface area contributed by atoms with E-state index in [0.29, 0.717) is 0 Å². The SMILES string of the molecule is Cc1ccccc1Cn1cc(-c2ccccc2Cl)cn1. The highest BCUT2D eigenvalue weighted by Gasteiger charge is 2.06. The van der Waals surface area contributed by atoms with Crippen LogP contribution in [0.15, 0.2) is 60.9 Å². The van der Waals surface area contributed by atoms with Crippen LogP contribution in [0, 0.1) is 6.92 Å². The smallest absolute Gasteiger partial charge is 0.0662 e. The van der Waals surface area contributed by atoms with Crippen molar-refractivity contribution in [3.05, 3.63) is 77.1 Å². The van der Waals surface area contributed by atoms with Crippen LogP contribution in [0.25, 0.3) is 11.1 Å². The number of halogens is 1. The molecular formula is C17H15ClN2. The summed E-state index contributed by atoms with van der Waals surface area (Å²) in [4.78, 5) is 0. The molecule has 3 heteroatoms. The van der Waals surface area contributed by atoms with Gasteiger partial charge >= 0.3 is 0 Å². The van der Waals surface area contributed by atoms with Crippen molar-refractivity contribution in [2.24, 2.45) is 0 Å². The van der Waals surface area contributed by atoms with E-state index in [9.17, 15) is 0 Å². The van der Waals surface area contributed by atoms with Gasteiger partial charge in [-0.15, -0.1) is 0 Å². The maximum absolute atomic E-state index is 6.22. The van der Waals surface area contributed by atoms with Gasteiger partial charge in [0.25, 0.3) is 0 Å². The second-order valence-corrected chi connectivity index (χ2v) is 5.24. The van der Waals surface area contributed by atoms with Crippen molar-refractivity contribution < 1.29 is 0 Å². The van der Waals surface area contributed by atoms with Crippen LogP contribution >= 0.6 is 11.6 Å². The number of hydrogen-bond acceptors (Lipinski definition) is 1. The van der Waals surface area contributed by atoms with Crippen LogP contribution in [0.5, 0.6) is 0 Å².